The number of rotatable bonds is 37. The molecule has 0 aliphatic carbocycles. The van der Waals surface area contributed by atoms with Gasteiger partial charge in [0.05, 0.1) is 12.2 Å². The molecule has 5 rings (SSSR count). The molecule has 15 N–H and O–H groups in total. The van der Waals surface area contributed by atoms with Crippen LogP contribution in [0.5, 0.6) is 0 Å². The molecule has 110 heavy (non-hydrogen) atoms. The molecule has 1 aliphatic heterocycles. The Morgan fingerprint density at radius 1 is 0.473 bits per heavy atom. The second kappa shape index (κ2) is 49.6. The molecule has 13 atom stereocenters. The van der Waals surface area contributed by atoms with Crippen LogP contribution >= 0.6 is 0 Å². The van der Waals surface area contributed by atoms with Gasteiger partial charge >= 0.3 is 0 Å². The van der Waals surface area contributed by atoms with Crippen LogP contribution in [0.2, 0.25) is 0 Å². The van der Waals surface area contributed by atoms with Gasteiger partial charge in [-0.05, 0) is 118 Å². The third kappa shape index (κ3) is 34.0. The van der Waals surface area contributed by atoms with E-state index in [1.54, 1.807) is 49.1 Å². The Labute approximate surface area is 646 Å². The van der Waals surface area contributed by atoms with Crippen molar-refractivity contribution in [1.29, 1.82) is 0 Å². The maximum Gasteiger partial charge on any atom is 0.245 e. The van der Waals surface area contributed by atoms with Crippen molar-refractivity contribution < 1.29 is 63.0 Å². The molecule has 0 bridgehead atoms. The number of hydrogen-bond donors (Lipinski definition) is 14. The number of amides is 11. The molecule has 0 radical (unpaired) electrons. The van der Waals surface area contributed by atoms with Crippen molar-refractivity contribution in [3.05, 3.63) is 144 Å². The molecule has 1 fully saturated rings. The van der Waals surface area contributed by atoms with Gasteiger partial charge in [0, 0.05) is 64.0 Å². The van der Waals surface area contributed by atoms with Crippen molar-refractivity contribution in [2.75, 3.05) is 39.3 Å². The lowest BCUT2D eigenvalue weighted by Crippen LogP contribution is -2.62. The fourth-order valence-electron chi connectivity index (χ4n) is 11.7. The van der Waals surface area contributed by atoms with E-state index in [1.165, 1.54) is 13.8 Å². The van der Waals surface area contributed by atoms with Gasteiger partial charge in [0.25, 0.3) is 0 Å². The van der Waals surface area contributed by atoms with E-state index < -0.39 is 151 Å². The van der Waals surface area contributed by atoms with Crippen LogP contribution in [0.15, 0.2) is 141 Å². The first kappa shape index (κ1) is 90.2. The van der Waals surface area contributed by atoms with Crippen LogP contribution in [0.3, 0.4) is 0 Å². The number of hydrogen-bond acceptors (Lipinski definition) is 18. The highest BCUT2D eigenvalue weighted by Crippen LogP contribution is 2.16. The number of carbonyl (C=O) groups is 11. The largest absolute Gasteiger partial charge is 0.391 e. The standard InChI is InChI=1S/C81H116N16O13/c1-9-54(6)24-22-23-33-69(100)88-62(35-41-83-48-57-25-14-10-15-26-57)76(105)97-71(56(8)99)81(110)93-61(34-40-82)72(101)91-66-39-45-87-80(109)70(55(7)98)96-77(106)65(38-44-86-51-60-31-20-13-21-32-60)90-73(102)63(36-42-84-49-58-27-16-11-17-28-58)92-78(107)67(46-52(2)3)95-79(108)68(47-53(4)5)94-75(104)64(89-74(66)103)37-43-85-50-59-29-18-12-19-30-59/h10-21,25-32,48-56,61-68,70-71,98-99H,9,22-24,33-47,82H2,1-8H3,(H,87,109)(H,88,100)(H,89,103)(H,90,102)(H,91,101)(H,92,107)(H,93,110)(H,94,104)(H,95,108)(H,96,106)(H,97,105)/t54?,55-,56-,61+,62+,63+,64+,65+,66+,67+,68-,70+,71+/m1/s1. The Morgan fingerprint density at radius 3 is 1.28 bits per heavy atom. The Hall–Kier alpha value is -10.4. The first-order chi connectivity index (χ1) is 52.7. The van der Waals surface area contributed by atoms with Crippen molar-refractivity contribution in [1.82, 2.24) is 58.5 Å². The Kier molecular flexibility index (Phi) is 40.7. The Balaban J connectivity index is 1.54. The van der Waals surface area contributed by atoms with E-state index in [9.17, 15) is 58.2 Å². The SMILES string of the molecule is CCC(C)CCCCC(=O)N[C@@H](CCN=Cc1ccccc1)C(=O)N[C@H](C(=O)N[C@@H](CCN)C(=O)N[C@H]1CCNC(=O)[C@H]([C@@H](C)O)NC(=O)[C@H](CCN=Cc2ccccc2)NC(=O)[C@H](CCN=Cc2ccccc2)NC(=O)[C@H](CC(C)C)NC(=O)[C@@H](CC(C)C)NC(=O)[C@H](CCN=Cc2ccccc2)NC1=O)[C@@H](C)O. The number of unbranched alkanes of at least 4 members (excludes halogenated alkanes) is 1. The summed E-state index contributed by atoms with van der Waals surface area (Å²) in [5, 5.41) is 51.9. The van der Waals surface area contributed by atoms with Gasteiger partial charge in [-0.1, -0.05) is 182 Å². The highest BCUT2D eigenvalue weighted by atomic mass is 16.3. The number of nitrogens with one attached hydrogen (secondary N) is 11. The molecule has 0 saturated carbocycles. The molecule has 598 valence electrons. The zero-order chi connectivity index (χ0) is 80.3. The van der Waals surface area contributed by atoms with Crippen LogP contribution in [0.4, 0.5) is 0 Å². The Morgan fingerprint density at radius 2 is 0.873 bits per heavy atom. The summed E-state index contributed by atoms with van der Waals surface area (Å²) in [6.45, 7) is 13.2. The fourth-order valence-corrected chi connectivity index (χ4v) is 11.7. The van der Waals surface area contributed by atoms with Crippen LogP contribution in [-0.2, 0) is 52.7 Å². The summed E-state index contributed by atoms with van der Waals surface area (Å²) in [6, 6.07) is 21.4. The number of aliphatic hydroxyl groups is 2. The first-order valence-electron chi connectivity index (χ1n) is 38.3. The molecule has 1 aliphatic rings. The molecule has 1 saturated heterocycles. The van der Waals surface area contributed by atoms with Gasteiger partial charge in [-0.15, -0.1) is 0 Å². The number of nitrogens with two attached hydrogens (primary N) is 1. The predicted octanol–water partition coefficient (Wildman–Crippen LogP) is 3.20. The maximum absolute atomic E-state index is 15.1. The average Bonchev–Trinajstić information content (AvgIpc) is 0.911. The van der Waals surface area contributed by atoms with Gasteiger partial charge < -0.3 is 74.4 Å². The first-order valence-corrected chi connectivity index (χ1v) is 38.3. The van der Waals surface area contributed by atoms with Crippen molar-refractivity contribution in [3.63, 3.8) is 0 Å². The molecular weight excluding hydrogens is 1400 g/mol. The van der Waals surface area contributed by atoms with Crippen LogP contribution in [-0.4, -0.2) is 212 Å². The van der Waals surface area contributed by atoms with E-state index in [2.05, 4.69) is 92.3 Å². The second-order valence-electron chi connectivity index (χ2n) is 28.6. The lowest BCUT2D eigenvalue weighted by atomic mass is 9.99. The lowest BCUT2D eigenvalue weighted by Gasteiger charge is -2.29. The molecule has 1 unspecified atom stereocenters. The van der Waals surface area contributed by atoms with E-state index in [-0.39, 0.29) is 95.9 Å². The maximum atomic E-state index is 15.1. The van der Waals surface area contributed by atoms with E-state index >= 15 is 4.79 Å². The van der Waals surface area contributed by atoms with E-state index in [1.807, 2.05) is 125 Å². The van der Waals surface area contributed by atoms with E-state index in [0.717, 1.165) is 41.5 Å². The lowest BCUT2D eigenvalue weighted by molar-refractivity contribution is -0.137. The van der Waals surface area contributed by atoms with Gasteiger partial charge in [0.15, 0.2) is 0 Å². The molecule has 0 aromatic heterocycles. The fraction of sp³-hybridized carbons (Fsp3) is 0.519. The van der Waals surface area contributed by atoms with Gasteiger partial charge in [-0.3, -0.25) is 72.7 Å². The average molecular weight is 1520 g/mol. The summed E-state index contributed by atoms with van der Waals surface area (Å²) in [4.78, 5) is 179. The summed E-state index contributed by atoms with van der Waals surface area (Å²) < 4.78 is 0. The van der Waals surface area contributed by atoms with Crippen LogP contribution in [0, 0.1) is 17.8 Å². The monoisotopic (exact) mass is 1520 g/mol. The second-order valence-corrected chi connectivity index (χ2v) is 28.6. The molecule has 29 heteroatoms. The summed E-state index contributed by atoms with van der Waals surface area (Å²) >= 11 is 0. The number of aliphatic hydroxyl groups excluding tert-OH is 2. The van der Waals surface area contributed by atoms with Gasteiger partial charge in [0.1, 0.15) is 60.4 Å². The summed E-state index contributed by atoms with van der Waals surface area (Å²) in [5.41, 5.74) is 9.09. The molecule has 4 aromatic carbocycles. The van der Waals surface area contributed by atoms with Crippen molar-refractivity contribution >= 4 is 89.8 Å². The quantitative estimate of drug-likeness (QED) is 0.0228. The molecule has 4 aromatic rings. The number of aliphatic imine (C=N–C) groups is 4. The van der Waals surface area contributed by atoms with Crippen LogP contribution in [0.25, 0.3) is 0 Å². The van der Waals surface area contributed by atoms with Crippen molar-refractivity contribution in [3.8, 4) is 0 Å². The number of benzene rings is 4. The zero-order valence-electron chi connectivity index (χ0n) is 64.7. The van der Waals surface area contributed by atoms with Gasteiger partial charge in [-0.2, -0.15) is 0 Å². The summed E-state index contributed by atoms with van der Waals surface area (Å²) in [5.74, 6) is -9.60. The third-order valence-electron chi connectivity index (χ3n) is 18.2. The zero-order valence-corrected chi connectivity index (χ0v) is 64.7. The van der Waals surface area contributed by atoms with Gasteiger partial charge in [0.2, 0.25) is 65.0 Å². The van der Waals surface area contributed by atoms with Crippen LogP contribution < -0.4 is 64.2 Å². The number of nitrogens with zero attached hydrogens (tertiary/aromatic N) is 4. The minimum absolute atomic E-state index is 0.00553. The van der Waals surface area contributed by atoms with E-state index in [4.69, 9.17) is 5.73 Å². The van der Waals surface area contributed by atoms with Crippen LogP contribution in [0.1, 0.15) is 161 Å². The molecular formula is C81H116N16O13. The highest BCUT2D eigenvalue weighted by molar-refractivity contribution is 5.99. The summed E-state index contributed by atoms with van der Waals surface area (Å²) in [7, 11) is 0. The Bertz CT molecular complexity index is 3660. The molecule has 11 amide bonds. The number of carbonyl (C=O) groups excluding carboxylic acids is 11. The topological polar surface area (TPSA) is 436 Å². The molecule has 1 heterocycles. The summed E-state index contributed by atoms with van der Waals surface area (Å²) in [6.07, 6.45) is 5.32. The predicted molar refractivity (Wildman–Crippen MR) is 425 cm³/mol. The highest BCUT2D eigenvalue weighted by Gasteiger charge is 2.38. The third-order valence-corrected chi connectivity index (χ3v) is 18.2. The smallest absolute Gasteiger partial charge is 0.245 e. The normalized spacial score (nSPS) is 20.6. The minimum atomic E-state index is -1.74. The minimum Gasteiger partial charge on any atom is -0.391 e. The van der Waals surface area contributed by atoms with Crippen molar-refractivity contribution in [2.45, 2.75) is 211 Å². The van der Waals surface area contributed by atoms with E-state index in [0.29, 0.717) is 12.3 Å². The van der Waals surface area contributed by atoms with Crippen molar-refractivity contribution in [2.24, 2.45) is 43.5 Å². The molecule has 29 nitrogen and oxygen atoms in total. The van der Waals surface area contributed by atoms with Gasteiger partial charge in [-0.25, -0.2) is 0 Å². The molecule has 0 spiro atoms.